The Labute approximate surface area is 115 Å². The molecule has 0 bridgehead atoms. The van der Waals surface area contributed by atoms with E-state index in [-0.39, 0.29) is 6.10 Å². The van der Waals surface area contributed by atoms with Crippen molar-refractivity contribution in [3.63, 3.8) is 0 Å². The summed E-state index contributed by atoms with van der Waals surface area (Å²) in [5.74, 6) is -0.464. The Hall–Kier alpha value is -1.30. The molecule has 0 aliphatic rings. The van der Waals surface area contributed by atoms with E-state index in [2.05, 4.69) is 5.32 Å². The Morgan fingerprint density at radius 2 is 1.84 bits per heavy atom. The van der Waals surface area contributed by atoms with Crippen molar-refractivity contribution in [2.24, 2.45) is 5.73 Å². The van der Waals surface area contributed by atoms with Gasteiger partial charge >= 0.3 is 12.1 Å². The van der Waals surface area contributed by atoms with E-state index in [0.717, 1.165) is 0 Å². The summed E-state index contributed by atoms with van der Waals surface area (Å²) in [6.45, 7) is 9.23. The van der Waals surface area contributed by atoms with Crippen molar-refractivity contribution in [2.45, 2.75) is 65.2 Å². The van der Waals surface area contributed by atoms with Crippen LogP contribution in [0.25, 0.3) is 0 Å². The van der Waals surface area contributed by atoms with Crippen molar-refractivity contribution < 1.29 is 19.1 Å². The largest absolute Gasteiger partial charge is 0.461 e. The third kappa shape index (κ3) is 9.30. The van der Waals surface area contributed by atoms with Crippen molar-refractivity contribution in [3.05, 3.63) is 0 Å². The van der Waals surface area contributed by atoms with Crippen LogP contribution in [0, 0.1) is 0 Å². The first-order chi connectivity index (χ1) is 8.65. The monoisotopic (exact) mass is 274 g/mol. The summed E-state index contributed by atoms with van der Waals surface area (Å²) in [6.07, 6.45) is 0.193. The highest BCUT2D eigenvalue weighted by molar-refractivity contribution is 5.81. The summed E-state index contributed by atoms with van der Waals surface area (Å²) in [6, 6.07) is -0.721. The molecule has 0 rings (SSSR count). The third-order valence-corrected chi connectivity index (χ3v) is 2.02. The number of rotatable bonds is 6. The van der Waals surface area contributed by atoms with Gasteiger partial charge in [-0.2, -0.15) is 0 Å². The van der Waals surface area contributed by atoms with Gasteiger partial charge in [-0.15, -0.1) is 0 Å². The van der Waals surface area contributed by atoms with E-state index in [1.807, 2.05) is 0 Å². The van der Waals surface area contributed by atoms with Crippen LogP contribution < -0.4 is 11.1 Å². The zero-order valence-corrected chi connectivity index (χ0v) is 12.5. The van der Waals surface area contributed by atoms with E-state index in [9.17, 15) is 9.59 Å². The Morgan fingerprint density at radius 3 is 2.26 bits per heavy atom. The van der Waals surface area contributed by atoms with Crippen LogP contribution in [0.3, 0.4) is 0 Å². The van der Waals surface area contributed by atoms with Gasteiger partial charge in [0.25, 0.3) is 0 Å². The number of amides is 1. The fourth-order valence-electron chi connectivity index (χ4n) is 1.34. The molecule has 0 aromatic rings. The van der Waals surface area contributed by atoms with Crippen LogP contribution in [0.5, 0.6) is 0 Å². The molecule has 6 heteroatoms. The van der Waals surface area contributed by atoms with Crippen LogP contribution in [0.4, 0.5) is 4.79 Å². The number of carbonyl (C=O) groups is 2. The topological polar surface area (TPSA) is 90.6 Å². The molecule has 0 fully saturated rings. The number of nitrogens with one attached hydrogen (secondary N) is 1. The Bertz CT molecular complexity index is 298. The number of hydrogen-bond acceptors (Lipinski definition) is 5. The molecule has 1 atom stereocenters. The normalized spacial score (nSPS) is 13.0. The maximum absolute atomic E-state index is 11.8. The van der Waals surface area contributed by atoms with Gasteiger partial charge in [0.15, 0.2) is 0 Å². The Balaban J connectivity index is 4.49. The lowest BCUT2D eigenvalue weighted by molar-refractivity contribution is -0.150. The van der Waals surface area contributed by atoms with E-state index < -0.39 is 23.7 Å². The van der Waals surface area contributed by atoms with Gasteiger partial charge in [-0.3, -0.25) is 0 Å². The first-order valence-corrected chi connectivity index (χ1v) is 6.55. The van der Waals surface area contributed by atoms with Gasteiger partial charge < -0.3 is 20.5 Å². The lowest BCUT2D eigenvalue weighted by Crippen LogP contribution is -2.45. The van der Waals surface area contributed by atoms with E-state index in [0.29, 0.717) is 19.4 Å². The molecule has 0 spiro atoms. The average Bonchev–Trinajstić information content (AvgIpc) is 2.20. The van der Waals surface area contributed by atoms with E-state index in [1.54, 1.807) is 34.6 Å². The van der Waals surface area contributed by atoms with Gasteiger partial charge in [-0.1, -0.05) is 0 Å². The minimum atomic E-state index is -0.721. The number of hydrogen-bond donors (Lipinski definition) is 2. The summed E-state index contributed by atoms with van der Waals surface area (Å²) in [4.78, 5) is 23.5. The molecule has 19 heavy (non-hydrogen) atoms. The molecule has 0 aliphatic carbocycles. The molecule has 0 aliphatic heterocycles. The Morgan fingerprint density at radius 1 is 1.26 bits per heavy atom. The maximum atomic E-state index is 11.8. The molecule has 3 N–H and O–H groups in total. The average molecular weight is 274 g/mol. The molecule has 0 radical (unpaired) electrons. The summed E-state index contributed by atoms with van der Waals surface area (Å²) in [5, 5.41) is 2.52. The van der Waals surface area contributed by atoms with E-state index >= 15 is 0 Å². The second-order valence-electron chi connectivity index (χ2n) is 5.62. The number of alkyl carbamates (subject to hydrolysis) is 1. The van der Waals surface area contributed by atoms with E-state index in [4.69, 9.17) is 15.2 Å². The number of ether oxygens (including phenoxy) is 2. The molecule has 0 saturated heterocycles. The molecule has 0 aromatic carbocycles. The van der Waals surface area contributed by atoms with Crippen LogP contribution in [-0.2, 0) is 14.3 Å². The highest BCUT2D eigenvalue weighted by atomic mass is 16.6. The fourth-order valence-corrected chi connectivity index (χ4v) is 1.34. The predicted octanol–water partition coefficient (Wildman–Crippen LogP) is 1.57. The lowest BCUT2D eigenvalue weighted by Gasteiger charge is -2.23. The van der Waals surface area contributed by atoms with Gasteiger partial charge in [0.2, 0.25) is 0 Å². The molecular formula is C13H26N2O4. The first-order valence-electron chi connectivity index (χ1n) is 6.55. The van der Waals surface area contributed by atoms with Crippen LogP contribution in [0.15, 0.2) is 0 Å². The quantitative estimate of drug-likeness (QED) is 0.717. The minimum Gasteiger partial charge on any atom is -0.461 e. The summed E-state index contributed by atoms with van der Waals surface area (Å²) in [5.41, 5.74) is 4.81. The zero-order valence-electron chi connectivity index (χ0n) is 12.5. The van der Waals surface area contributed by atoms with E-state index in [1.165, 1.54) is 0 Å². The fraction of sp³-hybridized carbons (Fsp3) is 0.846. The van der Waals surface area contributed by atoms with Crippen molar-refractivity contribution in [2.75, 3.05) is 6.54 Å². The highest BCUT2D eigenvalue weighted by Crippen LogP contribution is 2.08. The Kier molecular flexibility index (Phi) is 7.44. The van der Waals surface area contributed by atoms with Gasteiger partial charge in [0.1, 0.15) is 11.6 Å². The molecular weight excluding hydrogens is 248 g/mol. The second kappa shape index (κ2) is 7.99. The van der Waals surface area contributed by atoms with Crippen LogP contribution in [-0.4, -0.2) is 36.4 Å². The van der Waals surface area contributed by atoms with Crippen molar-refractivity contribution >= 4 is 12.1 Å². The smallest absolute Gasteiger partial charge is 0.408 e. The minimum absolute atomic E-state index is 0.228. The van der Waals surface area contributed by atoms with Crippen LogP contribution in [0.1, 0.15) is 47.5 Å². The van der Waals surface area contributed by atoms with Gasteiger partial charge in [-0.25, -0.2) is 9.59 Å². The third-order valence-electron chi connectivity index (χ3n) is 2.02. The molecule has 1 amide bonds. The standard InChI is InChI=1S/C13H26N2O4/c1-9(2)18-11(16)10(7-6-8-14)15-12(17)19-13(3,4)5/h9-10H,6-8,14H2,1-5H3,(H,15,17)/t10-/m0/s1. The number of esters is 1. The molecule has 0 aromatic heterocycles. The molecule has 112 valence electrons. The molecule has 0 unspecified atom stereocenters. The number of nitrogens with two attached hydrogens (primary N) is 1. The zero-order chi connectivity index (χ0) is 15.1. The predicted molar refractivity (Wildman–Crippen MR) is 72.7 cm³/mol. The SMILES string of the molecule is CC(C)OC(=O)[C@H](CCCN)NC(=O)OC(C)(C)C. The van der Waals surface area contributed by atoms with Crippen LogP contribution in [0.2, 0.25) is 0 Å². The second-order valence-corrected chi connectivity index (χ2v) is 5.62. The first kappa shape index (κ1) is 17.7. The van der Waals surface area contributed by atoms with Crippen molar-refractivity contribution in [1.82, 2.24) is 5.32 Å². The van der Waals surface area contributed by atoms with Crippen molar-refractivity contribution in [3.8, 4) is 0 Å². The van der Waals surface area contributed by atoms with Crippen molar-refractivity contribution in [1.29, 1.82) is 0 Å². The molecule has 0 heterocycles. The summed E-state index contributed by atoms with van der Waals surface area (Å²) < 4.78 is 10.2. The highest BCUT2D eigenvalue weighted by Gasteiger charge is 2.25. The molecule has 0 saturated carbocycles. The summed E-state index contributed by atoms with van der Waals surface area (Å²) in [7, 11) is 0. The summed E-state index contributed by atoms with van der Waals surface area (Å²) >= 11 is 0. The van der Waals surface area contributed by atoms with Gasteiger partial charge in [0, 0.05) is 0 Å². The maximum Gasteiger partial charge on any atom is 0.408 e. The molecule has 6 nitrogen and oxygen atoms in total. The lowest BCUT2D eigenvalue weighted by atomic mass is 10.1. The number of carbonyl (C=O) groups excluding carboxylic acids is 2. The van der Waals surface area contributed by atoms with Crippen LogP contribution >= 0.6 is 0 Å². The van der Waals surface area contributed by atoms with Gasteiger partial charge in [-0.05, 0) is 54.0 Å². The van der Waals surface area contributed by atoms with Gasteiger partial charge in [0.05, 0.1) is 6.10 Å².